The van der Waals surface area contributed by atoms with E-state index in [1.165, 1.54) is 18.2 Å². The number of halogens is 1. The minimum Gasteiger partial charge on any atom is -0.319 e. The highest BCUT2D eigenvalue weighted by molar-refractivity contribution is 5.90. The summed E-state index contributed by atoms with van der Waals surface area (Å²) in [5, 5.41) is 14.6. The van der Waals surface area contributed by atoms with Crippen LogP contribution in [0.25, 0.3) is 0 Å². The molecule has 0 spiro atoms. The lowest BCUT2D eigenvalue weighted by atomic mass is 9.89. The molecule has 0 atom stereocenters. The number of carbonyl (C=O) groups excluding carboxylic acids is 1. The van der Waals surface area contributed by atoms with Gasteiger partial charge in [-0.2, -0.15) is 5.26 Å². The molecule has 0 radical (unpaired) electrons. The highest BCUT2D eigenvalue weighted by Crippen LogP contribution is 2.21. The number of piperidine rings is 1. The normalized spacial score (nSPS) is 18.1. The third kappa shape index (κ3) is 3.45. The molecule has 6 heteroatoms. The Balaban J connectivity index is 1.98. The van der Waals surface area contributed by atoms with Crippen molar-refractivity contribution in [2.24, 2.45) is 0 Å². The molecule has 20 heavy (non-hydrogen) atoms. The third-order valence-electron chi connectivity index (χ3n) is 3.49. The van der Waals surface area contributed by atoms with Gasteiger partial charge in [0.15, 0.2) is 0 Å². The summed E-state index contributed by atoms with van der Waals surface area (Å²) in [4.78, 5) is 14.0. The second kappa shape index (κ2) is 5.88. The van der Waals surface area contributed by atoms with Gasteiger partial charge >= 0.3 is 6.03 Å². The Morgan fingerprint density at radius 1 is 1.45 bits per heavy atom. The number of rotatable bonds is 2. The van der Waals surface area contributed by atoms with Crippen LogP contribution in [-0.4, -0.2) is 36.6 Å². The molecule has 1 saturated heterocycles. The summed E-state index contributed by atoms with van der Waals surface area (Å²) < 4.78 is 13.0. The van der Waals surface area contributed by atoms with Crippen molar-refractivity contribution in [3.63, 3.8) is 0 Å². The molecule has 0 unspecified atom stereocenters. The van der Waals surface area contributed by atoms with Crippen molar-refractivity contribution in [3.05, 3.63) is 30.1 Å². The average Bonchev–Trinajstić information content (AvgIpc) is 2.41. The molecule has 2 N–H and O–H groups in total. The van der Waals surface area contributed by atoms with Crippen molar-refractivity contribution in [1.29, 1.82) is 5.26 Å². The quantitative estimate of drug-likeness (QED) is 0.867. The van der Waals surface area contributed by atoms with E-state index in [9.17, 15) is 14.4 Å². The summed E-state index contributed by atoms with van der Waals surface area (Å²) in [7, 11) is 1.98. The smallest absolute Gasteiger partial charge is 0.319 e. The fourth-order valence-electron chi connectivity index (χ4n) is 2.21. The summed E-state index contributed by atoms with van der Waals surface area (Å²) in [6, 6.07) is 7.35. The standard InChI is InChI=1S/C14H17FN4O/c1-19-7-5-14(10-16,6-8-19)18-13(20)17-12-4-2-3-11(15)9-12/h2-4,9H,5-8H2,1H3,(H2,17,18,20). The van der Waals surface area contributed by atoms with E-state index >= 15 is 0 Å². The summed E-state index contributed by atoms with van der Waals surface area (Å²) in [6.45, 7) is 1.52. The number of benzene rings is 1. The van der Waals surface area contributed by atoms with Gasteiger partial charge in [0.25, 0.3) is 0 Å². The van der Waals surface area contributed by atoms with E-state index < -0.39 is 17.4 Å². The summed E-state index contributed by atoms with van der Waals surface area (Å²) >= 11 is 0. The van der Waals surface area contributed by atoms with Gasteiger partial charge in [0, 0.05) is 18.8 Å². The van der Waals surface area contributed by atoms with Crippen molar-refractivity contribution < 1.29 is 9.18 Å². The second-order valence-electron chi connectivity index (χ2n) is 5.09. The predicted molar refractivity (Wildman–Crippen MR) is 73.6 cm³/mol. The zero-order valence-electron chi connectivity index (χ0n) is 11.3. The van der Waals surface area contributed by atoms with Crippen molar-refractivity contribution in [1.82, 2.24) is 10.2 Å². The Labute approximate surface area is 117 Å². The van der Waals surface area contributed by atoms with Gasteiger partial charge in [-0.1, -0.05) is 6.07 Å². The molecule has 1 fully saturated rings. The minimum atomic E-state index is -0.843. The van der Waals surface area contributed by atoms with Crippen molar-refractivity contribution in [2.75, 3.05) is 25.5 Å². The molecule has 1 aliphatic rings. The third-order valence-corrected chi connectivity index (χ3v) is 3.49. The Kier molecular flexibility index (Phi) is 4.20. The zero-order valence-corrected chi connectivity index (χ0v) is 11.3. The maximum absolute atomic E-state index is 13.0. The number of nitriles is 1. The van der Waals surface area contributed by atoms with Crippen LogP contribution >= 0.6 is 0 Å². The molecule has 0 aromatic heterocycles. The van der Waals surface area contributed by atoms with Crippen LogP contribution in [0, 0.1) is 17.1 Å². The predicted octanol–water partition coefficient (Wildman–Crippen LogP) is 1.94. The van der Waals surface area contributed by atoms with Crippen LogP contribution in [-0.2, 0) is 0 Å². The maximum atomic E-state index is 13.0. The van der Waals surface area contributed by atoms with Crippen LogP contribution in [0.1, 0.15) is 12.8 Å². The van der Waals surface area contributed by atoms with Gasteiger partial charge in [0.1, 0.15) is 11.4 Å². The second-order valence-corrected chi connectivity index (χ2v) is 5.09. The van der Waals surface area contributed by atoms with E-state index in [0.717, 1.165) is 13.1 Å². The van der Waals surface area contributed by atoms with Gasteiger partial charge in [0.05, 0.1) is 6.07 Å². The van der Waals surface area contributed by atoms with E-state index in [-0.39, 0.29) is 0 Å². The first-order chi connectivity index (χ1) is 9.53. The first-order valence-corrected chi connectivity index (χ1v) is 6.47. The number of hydrogen-bond donors (Lipinski definition) is 2. The van der Waals surface area contributed by atoms with Crippen LogP contribution in [0.2, 0.25) is 0 Å². The van der Waals surface area contributed by atoms with Crippen molar-refractivity contribution in [3.8, 4) is 6.07 Å². The number of urea groups is 1. The van der Waals surface area contributed by atoms with Gasteiger partial charge in [-0.3, -0.25) is 0 Å². The SMILES string of the molecule is CN1CCC(C#N)(NC(=O)Nc2cccc(F)c2)CC1. The van der Waals surface area contributed by atoms with Crippen LogP contribution in [0.4, 0.5) is 14.9 Å². The highest BCUT2D eigenvalue weighted by atomic mass is 19.1. The fourth-order valence-corrected chi connectivity index (χ4v) is 2.21. The van der Waals surface area contributed by atoms with E-state index in [1.54, 1.807) is 6.07 Å². The van der Waals surface area contributed by atoms with Gasteiger partial charge in [-0.05, 0) is 38.1 Å². The Morgan fingerprint density at radius 3 is 2.75 bits per heavy atom. The molecule has 1 heterocycles. The van der Waals surface area contributed by atoms with Gasteiger partial charge in [0.2, 0.25) is 0 Å². The first kappa shape index (κ1) is 14.3. The molecule has 0 aliphatic carbocycles. The average molecular weight is 276 g/mol. The molecule has 2 amide bonds. The van der Waals surface area contributed by atoms with E-state index in [1.807, 2.05) is 7.05 Å². The molecule has 1 aliphatic heterocycles. The van der Waals surface area contributed by atoms with Gasteiger partial charge < -0.3 is 15.5 Å². The van der Waals surface area contributed by atoms with E-state index in [4.69, 9.17) is 0 Å². The number of likely N-dealkylation sites (tertiary alicyclic amines) is 1. The summed E-state index contributed by atoms with van der Waals surface area (Å²) in [5.41, 5.74) is -0.479. The molecular weight excluding hydrogens is 259 g/mol. The monoisotopic (exact) mass is 276 g/mol. The fraction of sp³-hybridized carbons (Fsp3) is 0.429. The van der Waals surface area contributed by atoms with Crippen LogP contribution in [0.5, 0.6) is 0 Å². The number of carbonyl (C=O) groups is 1. The van der Waals surface area contributed by atoms with Gasteiger partial charge in [-0.25, -0.2) is 9.18 Å². The number of anilines is 1. The molecule has 0 bridgehead atoms. The van der Waals surface area contributed by atoms with Crippen LogP contribution in [0.3, 0.4) is 0 Å². The number of nitrogens with one attached hydrogen (secondary N) is 2. The lowest BCUT2D eigenvalue weighted by Gasteiger charge is -2.35. The Hall–Kier alpha value is -2.13. The topological polar surface area (TPSA) is 68.2 Å². The summed E-state index contributed by atoms with van der Waals surface area (Å²) in [6.07, 6.45) is 1.16. The molecule has 106 valence electrons. The molecule has 1 aromatic carbocycles. The lowest BCUT2D eigenvalue weighted by molar-refractivity contribution is 0.193. The molecular formula is C14H17FN4O. The molecule has 2 rings (SSSR count). The Morgan fingerprint density at radius 2 is 2.15 bits per heavy atom. The van der Waals surface area contributed by atoms with Crippen molar-refractivity contribution in [2.45, 2.75) is 18.4 Å². The maximum Gasteiger partial charge on any atom is 0.320 e. The largest absolute Gasteiger partial charge is 0.320 e. The molecule has 0 saturated carbocycles. The van der Waals surface area contributed by atoms with Crippen LogP contribution in [0.15, 0.2) is 24.3 Å². The van der Waals surface area contributed by atoms with E-state index in [2.05, 4.69) is 21.6 Å². The van der Waals surface area contributed by atoms with E-state index in [0.29, 0.717) is 18.5 Å². The molecule has 5 nitrogen and oxygen atoms in total. The zero-order chi connectivity index (χ0) is 14.6. The van der Waals surface area contributed by atoms with Crippen LogP contribution < -0.4 is 10.6 Å². The highest BCUT2D eigenvalue weighted by Gasteiger charge is 2.35. The first-order valence-electron chi connectivity index (χ1n) is 6.47. The number of nitrogens with zero attached hydrogens (tertiary/aromatic N) is 2. The number of hydrogen-bond acceptors (Lipinski definition) is 3. The molecule has 1 aromatic rings. The van der Waals surface area contributed by atoms with Gasteiger partial charge in [-0.15, -0.1) is 0 Å². The lowest BCUT2D eigenvalue weighted by Crippen LogP contribution is -2.54. The Bertz CT molecular complexity index is 532. The number of amides is 2. The minimum absolute atomic E-state index is 0.364. The summed E-state index contributed by atoms with van der Waals surface area (Å²) in [5.74, 6) is -0.419. The van der Waals surface area contributed by atoms with Crippen molar-refractivity contribution >= 4 is 11.7 Å².